The lowest BCUT2D eigenvalue weighted by Crippen LogP contribution is -2.11. The molecule has 0 amide bonds. The van der Waals surface area contributed by atoms with Crippen molar-refractivity contribution in [1.82, 2.24) is 14.5 Å². The number of carbonyl (C=O) groups excluding carboxylic acids is 1. The van der Waals surface area contributed by atoms with Crippen molar-refractivity contribution in [3.8, 4) is 5.95 Å². The van der Waals surface area contributed by atoms with Crippen LogP contribution in [0.2, 0.25) is 0 Å². The number of carbonyl (C=O) groups is 1. The van der Waals surface area contributed by atoms with Crippen molar-refractivity contribution in [1.29, 1.82) is 0 Å². The second-order valence-corrected chi connectivity index (χ2v) is 5.45. The molecule has 0 bridgehead atoms. The highest BCUT2D eigenvalue weighted by molar-refractivity contribution is 6.11. The van der Waals surface area contributed by atoms with E-state index in [9.17, 15) is 13.6 Å². The summed E-state index contributed by atoms with van der Waals surface area (Å²) in [7, 11) is 0. The van der Waals surface area contributed by atoms with E-state index in [2.05, 4.69) is 9.97 Å². The molecule has 0 spiro atoms. The Kier molecular flexibility index (Phi) is 3.57. The normalized spacial score (nSPS) is 11.0. The molecule has 6 heteroatoms. The van der Waals surface area contributed by atoms with Gasteiger partial charge in [-0.3, -0.25) is 9.36 Å². The van der Waals surface area contributed by atoms with Crippen LogP contribution in [0, 0.1) is 11.6 Å². The first-order valence-electron chi connectivity index (χ1n) is 7.52. The van der Waals surface area contributed by atoms with Crippen LogP contribution in [0.1, 0.15) is 16.1 Å². The quantitative estimate of drug-likeness (QED) is 0.533. The Morgan fingerprint density at radius 1 is 0.880 bits per heavy atom. The van der Waals surface area contributed by atoms with Crippen LogP contribution in [0.25, 0.3) is 16.9 Å². The zero-order chi connectivity index (χ0) is 17.4. The largest absolute Gasteiger partial charge is 0.287 e. The topological polar surface area (TPSA) is 47.8 Å². The fourth-order valence-corrected chi connectivity index (χ4v) is 2.71. The second kappa shape index (κ2) is 5.90. The molecule has 0 aliphatic heterocycles. The smallest absolute Gasteiger partial charge is 0.234 e. The summed E-state index contributed by atoms with van der Waals surface area (Å²) in [5.74, 6) is -0.924. The molecule has 2 heterocycles. The Hall–Kier alpha value is -3.41. The Morgan fingerprint density at radius 3 is 2.28 bits per heavy atom. The van der Waals surface area contributed by atoms with E-state index in [1.807, 2.05) is 0 Å². The van der Waals surface area contributed by atoms with Gasteiger partial charge in [-0.1, -0.05) is 0 Å². The van der Waals surface area contributed by atoms with Gasteiger partial charge in [0.25, 0.3) is 0 Å². The molecule has 2 aromatic carbocycles. The summed E-state index contributed by atoms with van der Waals surface area (Å²) in [5, 5.41) is 0.680. The van der Waals surface area contributed by atoms with Gasteiger partial charge in [-0.15, -0.1) is 0 Å². The summed E-state index contributed by atoms with van der Waals surface area (Å²) in [6, 6.07) is 12.8. The Bertz CT molecular complexity index is 1070. The molecule has 2 aromatic heterocycles. The standard InChI is InChI=1S/C19H11F2N3O/c20-14-5-2-12(3-6-14)18(25)17-10-13-4-7-15(21)11-16(13)24(17)19-22-8-1-9-23-19/h1-11H. The van der Waals surface area contributed by atoms with E-state index in [0.717, 1.165) is 0 Å². The SMILES string of the molecule is O=C(c1ccc(F)cc1)c1cc2ccc(F)cc2n1-c1ncccn1. The molecule has 0 fully saturated rings. The van der Waals surface area contributed by atoms with Crippen LogP contribution < -0.4 is 0 Å². The number of benzene rings is 2. The van der Waals surface area contributed by atoms with Gasteiger partial charge in [0.2, 0.25) is 11.7 Å². The van der Waals surface area contributed by atoms with Gasteiger partial charge in [0.05, 0.1) is 11.2 Å². The van der Waals surface area contributed by atoms with E-state index in [1.54, 1.807) is 30.6 Å². The first kappa shape index (κ1) is 15.1. The van der Waals surface area contributed by atoms with E-state index in [4.69, 9.17) is 0 Å². The lowest BCUT2D eigenvalue weighted by atomic mass is 10.1. The summed E-state index contributed by atoms with van der Waals surface area (Å²) >= 11 is 0. The van der Waals surface area contributed by atoms with Gasteiger partial charge in [-0.25, -0.2) is 18.7 Å². The highest BCUT2D eigenvalue weighted by Crippen LogP contribution is 2.25. The molecule has 0 saturated heterocycles. The number of aromatic nitrogens is 3. The van der Waals surface area contributed by atoms with Crippen molar-refractivity contribution in [3.05, 3.63) is 89.9 Å². The number of ketones is 1. The number of hydrogen-bond donors (Lipinski definition) is 0. The average molecular weight is 335 g/mol. The van der Waals surface area contributed by atoms with E-state index >= 15 is 0 Å². The van der Waals surface area contributed by atoms with E-state index in [-0.39, 0.29) is 17.4 Å². The van der Waals surface area contributed by atoms with Crippen molar-refractivity contribution in [2.24, 2.45) is 0 Å². The summed E-state index contributed by atoms with van der Waals surface area (Å²) in [6.07, 6.45) is 3.08. The molecule has 0 N–H and O–H groups in total. The lowest BCUT2D eigenvalue weighted by molar-refractivity contribution is 0.103. The number of rotatable bonds is 3. The summed E-state index contributed by atoms with van der Waals surface area (Å²) in [4.78, 5) is 21.3. The van der Waals surface area contributed by atoms with Gasteiger partial charge < -0.3 is 0 Å². The van der Waals surface area contributed by atoms with Crippen molar-refractivity contribution < 1.29 is 13.6 Å². The zero-order valence-corrected chi connectivity index (χ0v) is 12.9. The number of hydrogen-bond acceptors (Lipinski definition) is 3. The third-order valence-corrected chi connectivity index (χ3v) is 3.86. The summed E-state index contributed by atoms with van der Waals surface area (Å²) < 4.78 is 28.4. The molecular weight excluding hydrogens is 324 g/mol. The predicted molar refractivity (Wildman–Crippen MR) is 88.7 cm³/mol. The molecule has 0 saturated carbocycles. The molecule has 4 nitrogen and oxygen atoms in total. The fraction of sp³-hybridized carbons (Fsp3) is 0. The van der Waals surface area contributed by atoms with E-state index < -0.39 is 11.6 Å². The second-order valence-electron chi connectivity index (χ2n) is 5.45. The third-order valence-electron chi connectivity index (χ3n) is 3.86. The monoisotopic (exact) mass is 335 g/mol. The molecule has 25 heavy (non-hydrogen) atoms. The van der Waals surface area contributed by atoms with Crippen molar-refractivity contribution in [2.75, 3.05) is 0 Å². The molecule has 0 radical (unpaired) electrons. The first-order chi connectivity index (χ1) is 12.1. The Labute approximate surface area is 141 Å². The maximum absolute atomic E-state index is 13.7. The number of nitrogens with zero attached hydrogens (tertiary/aromatic N) is 3. The molecule has 122 valence electrons. The molecule has 0 atom stereocenters. The molecular formula is C19H11F2N3O. The van der Waals surface area contributed by atoms with Crippen LogP contribution in [-0.2, 0) is 0 Å². The van der Waals surface area contributed by atoms with Gasteiger partial charge >= 0.3 is 0 Å². The van der Waals surface area contributed by atoms with Gasteiger partial charge in [-0.2, -0.15) is 0 Å². The van der Waals surface area contributed by atoms with Gasteiger partial charge in [0.1, 0.15) is 11.6 Å². The van der Waals surface area contributed by atoms with Crippen LogP contribution in [-0.4, -0.2) is 20.3 Å². The maximum Gasteiger partial charge on any atom is 0.234 e. The molecule has 4 aromatic rings. The first-order valence-corrected chi connectivity index (χ1v) is 7.52. The van der Waals surface area contributed by atoms with Gasteiger partial charge in [0, 0.05) is 23.3 Å². The van der Waals surface area contributed by atoms with E-state index in [0.29, 0.717) is 16.5 Å². The van der Waals surface area contributed by atoms with Crippen LogP contribution in [0.15, 0.2) is 67.0 Å². The van der Waals surface area contributed by atoms with Crippen molar-refractivity contribution >= 4 is 16.7 Å². The summed E-state index contributed by atoms with van der Waals surface area (Å²) in [6.45, 7) is 0. The van der Waals surface area contributed by atoms with Gasteiger partial charge in [-0.05, 0) is 54.6 Å². The highest BCUT2D eigenvalue weighted by Gasteiger charge is 2.20. The number of halogens is 2. The lowest BCUT2D eigenvalue weighted by Gasteiger charge is -2.08. The van der Waals surface area contributed by atoms with Gasteiger partial charge in [0.15, 0.2) is 0 Å². The van der Waals surface area contributed by atoms with Crippen LogP contribution in [0.4, 0.5) is 8.78 Å². The molecule has 0 unspecified atom stereocenters. The minimum Gasteiger partial charge on any atom is -0.287 e. The summed E-state index contributed by atoms with van der Waals surface area (Å²) in [5.41, 5.74) is 1.08. The maximum atomic E-state index is 13.7. The predicted octanol–water partition coefficient (Wildman–Crippen LogP) is 3.93. The fourth-order valence-electron chi connectivity index (χ4n) is 2.71. The minimum atomic E-state index is -0.427. The van der Waals surface area contributed by atoms with Crippen molar-refractivity contribution in [3.63, 3.8) is 0 Å². The van der Waals surface area contributed by atoms with Crippen LogP contribution >= 0.6 is 0 Å². The van der Waals surface area contributed by atoms with Crippen LogP contribution in [0.3, 0.4) is 0 Å². The average Bonchev–Trinajstić information content (AvgIpc) is 3.01. The van der Waals surface area contributed by atoms with Crippen molar-refractivity contribution in [2.45, 2.75) is 0 Å². The Morgan fingerprint density at radius 2 is 1.56 bits per heavy atom. The molecule has 0 aliphatic carbocycles. The van der Waals surface area contributed by atoms with E-state index in [1.165, 1.54) is 41.0 Å². The zero-order valence-electron chi connectivity index (χ0n) is 12.9. The highest BCUT2D eigenvalue weighted by atomic mass is 19.1. The third kappa shape index (κ3) is 2.67. The Balaban J connectivity index is 1.97. The minimum absolute atomic E-state index is 0.258. The van der Waals surface area contributed by atoms with Crippen LogP contribution in [0.5, 0.6) is 0 Å². The molecule has 4 rings (SSSR count). The molecule has 0 aliphatic rings. The number of fused-ring (bicyclic) bond motifs is 1.